The molecule has 130 valence electrons. The van der Waals surface area contributed by atoms with Crippen molar-refractivity contribution in [1.82, 2.24) is 15.3 Å². The van der Waals surface area contributed by atoms with Crippen LogP contribution in [0.15, 0.2) is 53.0 Å². The number of hydrogen-bond donors (Lipinski definition) is 2. The number of benzene rings is 2. The average molecular weight is 402 g/mol. The van der Waals surface area contributed by atoms with Crippen molar-refractivity contribution < 1.29 is 9.53 Å². The van der Waals surface area contributed by atoms with Crippen LogP contribution in [0.1, 0.15) is 31.6 Å². The van der Waals surface area contributed by atoms with Gasteiger partial charge in [-0.05, 0) is 43.7 Å². The van der Waals surface area contributed by atoms with Gasteiger partial charge in [0, 0.05) is 10.9 Å². The Bertz CT molecular complexity index is 830. The summed E-state index contributed by atoms with van der Waals surface area (Å²) in [5.41, 5.74) is 1.88. The topological polar surface area (TPSA) is 67.0 Å². The summed E-state index contributed by atoms with van der Waals surface area (Å²) in [6, 6.07) is 15.3. The highest BCUT2D eigenvalue weighted by Gasteiger charge is 2.13. The van der Waals surface area contributed by atoms with Crippen LogP contribution in [0.3, 0.4) is 0 Å². The van der Waals surface area contributed by atoms with Crippen molar-refractivity contribution in [3.8, 4) is 5.75 Å². The maximum atomic E-state index is 12.1. The maximum absolute atomic E-state index is 12.1. The normalized spacial score (nSPS) is 12.1. The molecule has 1 atom stereocenters. The predicted molar refractivity (Wildman–Crippen MR) is 102 cm³/mol. The summed E-state index contributed by atoms with van der Waals surface area (Å²) in [5, 5.41) is 2.97. The number of imidazole rings is 1. The number of nitrogens with zero attached hydrogens (tertiary/aromatic N) is 1. The molecule has 1 unspecified atom stereocenters. The summed E-state index contributed by atoms with van der Waals surface area (Å²) < 4.78 is 6.61. The SMILES string of the molecule is CC(NC(=O)CCCOc1cccc(Br)c1)c1nc2ccccc2[nH]1. The molecule has 0 saturated carbocycles. The molecule has 1 amide bonds. The zero-order valence-corrected chi connectivity index (χ0v) is 15.5. The van der Waals surface area contributed by atoms with Gasteiger partial charge in [-0.3, -0.25) is 4.79 Å². The van der Waals surface area contributed by atoms with Gasteiger partial charge in [0.25, 0.3) is 0 Å². The number of carbonyl (C=O) groups is 1. The molecule has 0 spiro atoms. The average Bonchev–Trinajstić information content (AvgIpc) is 3.03. The van der Waals surface area contributed by atoms with Crippen molar-refractivity contribution in [2.24, 2.45) is 0 Å². The molecule has 6 heteroatoms. The van der Waals surface area contributed by atoms with Crippen molar-refractivity contribution in [1.29, 1.82) is 0 Å². The number of para-hydroxylation sites is 2. The van der Waals surface area contributed by atoms with Crippen LogP contribution in [0.25, 0.3) is 11.0 Å². The van der Waals surface area contributed by atoms with E-state index >= 15 is 0 Å². The van der Waals surface area contributed by atoms with Crippen molar-refractivity contribution in [2.45, 2.75) is 25.8 Å². The Hall–Kier alpha value is -2.34. The lowest BCUT2D eigenvalue weighted by Crippen LogP contribution is -2.27. The van der Waals surface area contributed by atoms with Crippen LogP contribution >= 0.6 is 15.9 Å². The van der Waals surface area contributed by atoms with Crippen molar-refractivity contribution in [3.05, 3.63) is 58.8 Å². The van der Waals surface area contributed by atoms with E-state index in [9.17, 15) is 4.79 Å². The van der Waals surface area contributed by atoms with Crippen LogP contribution in [-0.4, -0.2) is 22.5 Å². The highest BCUT2D eigenvalue weighted by atomic mass is 79.9. The van der Waals surface area contributed by atoms with Crippen LogP contribution in [0.2, 0.25) is 0 Å². The van der Waals surface area contributed by atoms with Gasteiger partial charge in [0.05, 0.1) is 23.7 Å². The molecule has 3 aromatic rings. The third-order valence-electron chi connectivity index (χ3n) is 3.81. The number of H-pyrrole nitrogens is 1. The fourth-order valence-electron chi connectivity index (χ4n) is 2.54. The monoisotopic (exact) mass is 401 g/mol. The van der Waals surface area contributed by atoms with Crippen LogP contribution in [-0.2, 0) is 4.79 Å². The largest absolute Gasteiger partial charge is 0.494 e. The van der Waals surface area contributed by atoms with E-state index in [0.717, 1.165) is 27.1 Å². The van der Waals surface area contributed by atoms with E-state index in [2.05, 4.69) is 31.2 Å². The summed E-state index contributed by atoms with van der Waals surface area (Å²) in [6.07, 6.45) is 1.07. The number of carbonyl (C=O) groups excluding carboxylic acids is 1. The molecule has 2 aromatic carbocycles. The molecule has 0 saturated heterocycles. The van der Waals surface area contributed by atoms with Gasteiger partial charge >= 0.3 is 0 Å². The number of amides is 1. The zero-order valence-electron chi connectivity index (χ0n) is 14.0. The van der Waals surface area contributed by atoms with Gasteiger partial charge in [0.15, 0.2) is 0 Å². The van der Waals surface area contributed by atoms with E-state index < -0.39 is 0 Å². The Kier molecular flexibility index (Phi) is 5.71. The number of rotatable bonds is 7. The molecular weight excluding hydrogens is 382 g/mol. The Morgan fingerprint density at radius 3 is 2.92 bits per heavy atom. The number of hydrogen-bond acceptors (Lipinski definition) is 3. The number of ether oxygens (including phenoxy) is 1. The number of aromatic nitrogens is 2. The fraction of sp³-hybridized carbons (Fsp3) is 0.263. The summed E-state index contributed by atoms with van der Waals surface area (Å²) in [4.78, 5) is 19.8. The highest BCUT2D eigenvalue weighted by Crippen LogP contribution is 2.18. The molecule has 0 radical (unpaired) electrons. The highest BCUT2D eigenvalue weighted by molar-refractivity contribution is 9.10. The molecule has 0 aliphatic rings. The first-order valence-electron chi connectivity index (χ1n) is 8.24. The number of fused-ring (bicyclic) bond motifs is 1. The summed E-state index contributed by atoms with van der Waals surface area (Å²) in [7, 11) is 0. The molecule has 1 aromatic heterocycles. The van der Waals surface area contributed by atoms with Gasteiger partial charge < -0.3 is 15.0 Å². The number of halogens is 1. The summed E-state index contributed by atoms with van der Waals surface area (Å²) in [5.74, 6) is 1.55. The Balaban J connectivity index is 1.44. The molecule has 0 aliphatic heterocycles. The van der Waals surface area contributed by atoms with Gasteiger partial charge in [0.1, 0.15) is 11.6 Å². The minimum absolute atomic E-state index is 0.00852. The molecule has 0 bridgehead atoms. The van der Waals surface area contributed by atoms with E-state index in [1.54, 1.807) is 0 Å². The smallest absolute Gasteiger partial charge is 0.220 e. The van der Waals surface area contributed by atoms with Gasteiger partial charge in [0.2, 0.25) is 5.91 Å². The second kappa shape index (κ2) is 8.16. The third-order valence-corrected chi connectivity index (χ3v) is 4.30. The van der Waals surface area contributed by atoms with Crippen molar-refractivity contribution in [2.75, 3.05) is 6.61 Å². The lowest BCUT2D eigenvalue weighted by atomic mass is 10.2. The molecule has 25 heavy (non-hydrogen) atoms. The summed E-state index contributed by atoms with van der Waals surface area (Å²) >= 11 is 3.40. The third kappa shape index (κ3) is 4.82. The van der Waals surface area contributed by atoms with E-state index in [1.807, 2.05) is 55.5 Å². The van der Waals surface area contributed by atoms with Gasteiger partial charge in [-0.1, -0.05) is 34.1 Å². The number of nitrogens with one attached hydrogen (secondary N) is 2. The standard InChI is InChI=1S/C19H20BrN3O2/c1-13(19-22-16-8-2-3-9-17(16)23-19)21-18(24)10-5-11-25-15-7-4-6-14(20)12-15/h2-4,6-9,12-13H,5,10-11H2,1H3,(H,21,24)(H,22,23). The van der Waals surface area contributed by atoms with Crippen LogP contribution in [0, 0.1) is 0 Å². The van der Waals surface area contributed by atoms with Crippen LogP contribution < -0.4 is 10.1 Å². The molecular formula is C19H20BrN3O2. The quantitative estimate of drug-likeness (QED) is 0.577. The number of aromatic amines is 1. The van der Waals surface area contributed by atoms with Crippen molar-refractivity contribution in [3.63, 3.8) is 0 Å². The molecule has 0 fully saturated rings. The molecule has 2 N–H and O–H groups in total. The minimum Gasteiger partial charge on any atom is -0.494 e. The Labute approximate surface area is 154 Å². The molecule has 3 rings (SSSR count). The van der Waals surface area contributed by atoms with Gasteiger partial charge in [-0.25, -0.2) is 4.98 Å². The first-order valence-corrected chi connectivity index (χ1v) is 9.03. The first-order chi connectivity index (χ1) is 12.1. The van der Waals surface area contributed by atoms with E-state index in [4.69, 9.17) is 4.74 Å². The molecule has 1 heterocycles. The predicted octanol–water partition coefficient (Wildman–Crippen LogP) is 4.36. The maximum Gasteiger partial charge on any atom is 0.220 e. The fourth-order valence-corrected chi connectivity index (χ4v) is 2.92. The van der Waals surface area contributed by atoms with E-state index in [1.165, 1.54) is 0 Å². The lowest BCUT2D eigenvalue weighted by molar-refractivity contribution is -0.122. The van der Waals surface area contributed by atoms with Gasteiger partial charge in [-0.2, -0.15) is 0 Å². The molecule has 0 aliphatic carbocycles. The first kappa shape index (κ1) is 17.5. The van der Waals surface area contributed by atoms with E-state index in [-0.39, 0.29) is 11.9 Å². The zero-order chi connectivity index (χ0) is 17.6. The van der Waals surface area contributed by atoms with Crippen LogP contribution in [0.5, 0.6) is 5.75 Å². The lowest BCUT2D eigenvalue weighted by Gasteiger charge is -2.11. The van der Waals surface area contributed by atoms with Gasteiger partial charge in [-0.15, -0.1) is 0 Å². The van der Waals surface area contributed by atoms with E-state index in [0.29, 0.717) is 19.4 Å². The summed E-state index contributed by atoms with van der Waals surface area (Å²) in [6.45, 7) is 2.43. The molecule has 5 nitrogen and oxygen atoms in total. The second-order valence-corrected chi connectivity index (χ2v) is 6.75. The Morgan fingerprint density at radius 1 is 1.28 bits per heavy atom. The Morgan fingerprint density at radius 2 is 2.12 bits per heavy atom. The minimum atomic E-state index is -0.161. The van der Waals surface area contributed by atoms with Crippen LogP contribution in [0.4, 0.5) is 0 Å². The van der Waals surface area contributed by atoms with Crippen molar-refractivity contribution >= 4 is 32.9 Å². The second-order valence-electron chi connectivity index (χ2n) is 5.84.